The number of aliphatic hydroxyl groups excluding tert-OH is 1. The number of fused-ring (bicyclic) bond motifs is 3. The number of aliphatic hydroxyl groups is 1. The first-order valence-electron chi connectivity index (χ1n) is 13.8. The molecule has 0 aromatic heterocycles. The Balaban J connectivity index is 1.82. The van der Waals surface area contributed by atoms with E-state index in [4.69, 9.17) is 9.47 Å². The van der Waals surface area contributed by atoms with Crippen LogP contribution < -0.4 is 14.8 Å². The molecule has 8 heteroatoms. The molecule has 212 valence electrons. The topological polar surface area (TPSA) is 122 Å². The number of carbonyl (C=O) groups excluding carboxylic acids is 3. The number of aryl methyl sites for hydroxylation is 2. The second-order valence-corrected chi connectivity index (χ2v) is 10.3. The van der Waals surface area contributed by atoms with Crippen molar-refractivity contribution in [2.24, 2.45) is 0 Å². The second-order valence-electron chi connectivity index (χ2n) is 10.3. The molecule has 2 aromatic carbocycles. The molecule has 0 saturated heterocycles. The van der Waals surface area contributed by atoms with E-state index in [1.807, 2.05) is 0 Å². The van der Waals surface area contributed by atoms with Gasteiger partial charge in [0, 0.05) is 18.7 Å². The van der Waals surface area contributed by atoms with Gasteiger partial charge in [-0.1, -0.05) is 33.8 Å². The average molecular weight is 548 g/mol. The highest BCUT2D eigenvalue weighted by molar-refractivity contribution is 6.25. The Morgan fingerprint density at radius 2 is 1.57 bits per heavy atom. The van der Waals surface area contributed by atoms with E-state index in [-0.39, 0.29) is 46.3 Å². The van der Waals surface area contributed by atoms with Gasteiger partial charge < -0.3 is 25.0 Å². The van der Waals surface area contributed by atoms with Gasteiger partial charge in [-0.2, -0.15) is 0 Å². The molecule has 0 fully saturated rings. The molecule has 3 N–H and O–H groups in total. The zero-order valence-corrected chi connectivity index (χ0v) is 24.2. The van der Waals surface area contributed by atoms with Crippen LogP contribution in [0.5, 0.6) is 17.2 Å². The zero-order chi connectivity index (χ0) is 29.5. The van der Waals surface area contributed by atoms with E-state index in [2.05, 4.69) is 39.1 Å². The van der Waals surface area contributed by atoms with Crippen molar-refractivity contribution in [1.29, 1.82) is 0 Å². The molecule has 0 saturated carbocycles. The van der Waals surface area contributed by atoms with Crippen LogP contribution in [0.3, 0.4) is 0 Å². The summed E-state index contributed by atoms with van der Waals surface area (Å²) in [5, 5.41) is 24.4. The van der Waals surface area contributed by atoms with Crippen LogP contribution in [0.25, 0.3) is 0 Å². The Morgan fingerprint density at radius 3 is 2.08 bits per heavy atom. The largest absolute Gasteiger partial charge is 0.507 e. The Hall–Kier alpha value is -4.07. The molecule has 0 bridgehead atoms. The molecule has 1 amide bonds. The molecule has 4 rings (SSSR count). The summed E-state index contributed by atoms with van der Waals surface area (Å²) in [6.45, 7) is 11.4. The van der Waals surface area contributed by atoms with Gasteiger partial charge in [-0.3, -0.25) is 14.4 Å². The number of allylic oxidation sites excluding steroid dienone is 3. The third kappa shape index (κ3) is 4.26. The van der Waals surface area contributed by atoms with Crippen molar-refractivity contribution >= 4 is 17.5 Å². The van der Waals surface area contributed by atoms with Gasteiger partial charge in [0.1, 0.15) is 39.6 Å². The molecule has 0 spiro atoms. The molecule has 1 aliphatic heterocycles. The predicted octanol–water partition coefficient (Wildman–Crippen LogP) is 5.10. The van der Waals surface area contributed by atoms with E-state index in [1.54, 1.807) is 0 Å². The Bertz CT molecular complexity index is 1470. The number of nitrogens with one attached hydrogen (secondary N) is 1. The number of amides is 1. The molecule has 8 nitrogen and oxygen atoms in total. The number of carbonyl (C=O) groups is 3. The van der Waals surface area contributed by atoms with Crippen LogP contribution in [0.15, 0.2) is 35.3 Å². The molecular weight excluding hydrogens is 510 g/mol. The molecule has 1 atom stereocenters. The smallest absolute Gasteiger partial charge is 0.259 e. The van der Waals surface area contributed by atoms with Crippen molar-refractivity contribution < 1.29 is 34.1 Å². The van der Waals surface area contributed by atoms with Gasteiger partial charge in [0.2, 0.25) is 0 Å². The number of Topliss-reactive ketones (excluding diaryl/α,β-unsaturated/α-hetero) is 2. The monoisotopic (exact) mass is 547 g/mol. The van der Waals surface area contributed by atoms with Gasteiger partial charge in [0.25, 0.3) is 5.91 Å². The van der Waals surface area contributed by atoms with E-state index in [9.17, 15) is 24.6 Å². The normalized spacial score (nSPS) is 17.7. The summed E-state index contributed by atoms with van der Waals surface area (Å²) >= 11 is 0. The maximum atomic E-state index is 13.8. The van der Waals surface area contributed by atoms with Crippen LogP contribution in [0.1, 0.15) is 85.3 Å². The summed E-state index contributed by atoms with van der Waals surface area (Å²) in [6, 6.07) is 3.55. The summed E-state index contributed by atoms with van der Waals surface area (Å²) in [6.07, 6.45) is 4.62. The Labute approximate surface area is 234 Å². The third-order valence-electron chi connectivity index (χ3n) is 8.18. The summed E-state index contributed by atoms with van der Waals surface area (Å²) in [7, 11) is 1.37. The number of aromatic hydroxyl groups is 1. The lowest BCUT2D eigenvalue weighted by Crippen LogP contribution is -2.38. The molecule has 2 aromatic rings. The van der Waals surface area contributed by atoms with Crippen LogP contribution in [0, 0.1) is 0 Å². The molecule has 1 heterocycles. The lowest BCUT2D eigenvalue weighted by molar-refractivity contribution is -0.123. The summed E-state index contributed by atoms with van der Waals surface area (Å²) < 4.78 is 11.5. The first-order valence-corrected chi connectivity index (χ1v) is 13.8. The van der Waals surface area contributed by atoms with Gasteiger partial charge in [-0.15, -0.1) is 0 Å². The van der Waals surface area contributed by atoms with E-state index in [1.165, 1.54) is 55.4 Å². The van der Waals surface area contributed by atoms with Crippen LogP contribution in [-0.2, 0) is 47.2 Å². The minimum Gasteiger partial charge on any atom is -0.507 e. The molecule has 0 unspecified atom stereocenters. The Kier molecular flexibility index (Phi) is 7.83. The number of phenolic OH excluding ortho intramolecular Hbond substituents is 1. The van der Waals surface area contributed by atoms with Crippen molar-refractivity contribution in [2.75, 3.05) is 7.11 Å². The first-order chi connectivity index (χ1) is 19.0. The lowest BCUT2D eigenvalue weighted by atomic mass is 9.71. The van der Waals surface area contributed by atoms with E-state index >= 15 is 0 Å². The number of rotatable bonds is 9. The van der Waals surface area contributed by atoms with E-state index in [0.717, 1.165) is 31.2 Å². The minimum atomic E-state index is -1.61. The third-order valence-corrected chi connectivity index (χ3v) is 8.18. The van der Waals surface area contributed by atoms with Gasteiger partial charge in [0.05, 0.1) is 12.7 Å². The van der Waals surface area contributed by atoms with Gasteiger partial charge >= 0.3 is 0 Å². The number of ether oxygens (including phenoxy) is 2. The fourth-order valence-corrected chi connectivity index (χ4v) is 6.16. The molecule has 1 aliphatic carbocycles. The van der Waals surface area contributed by atoms with Crippen LogP contribution in [-0.4, -0.2) is 34.8 Å². The number of hydrogen-bond donors (Lipinski definition) is 3. The molecule has 0 radical (unpaired) electrons. The highest BCUT2D eigenvalue weighted by atomic mass is 16.5. The Morgan fingerprint density at radius 1 is 0.975 bits per heavy atom. The zero-order valence-electron chi connectivity index (χ0n) is 24.2. The number of benzene rings is 2. The molecular formula is C32H37NO7. The highest BCUT2D eigenvalue weighted by Gasteiger charge is 2.55. The second kappa shape index (κ2) is 10.8. The van der Waals surface area contributed by atoms with E-state index in [0.29, 0.717) is 0 Å². The highest BCUT2D eigenvalue weighted by Crippen LogP contribution is 2.56. The lowest BCUT2D eigenvalue weighted by Gasteiger charge is -2.27. The first kappa shape index (κ1) is 28.9. The van der Waals surface area contributed by atoms with Gasteiger partial charge in [-0.05, 0) is 67.3 Å². The van der Waals surface area contributed by atoms with Crippen molar-refractivity contribution in [3.05, 3.63) is 74.2 Å². The quantitative estimate of drug-likeness (QED) is 0.374. The molecule has 2 aliphatic rings. The van der Waals surface area contributed by atoms with E-state index < -0.39 is 28.6 Å². The fourth-order valence-electron chi connectivity index (χ4n) is 6.16. The summed E-state index contributed by atoms with van der Waals surface area (Å²) in [4.78, 5) is 39.5. The van der Waals surface area contributed by atoms with Gasteiger partial charge in [0.15, 0.2) is 17.3 Å². The van der Waals surface area contributed by atoms with Crippen LogP contribution in [0.2, 0.25) is 0 Å². The van der Waals surface area contributed by atoms with Crippen molar-refractivity contribution in [3.8, 4) is 17.2 Å². The van der Waals surface area contributed by atoms with Crippen molar-refractivity contribution in [2.45, 2.75) is 79.2 Å². The maximum Gasteiger partial charge on any atom is 0.259 e. The maximum absolute atomic E-state index is 13.8. The summed E-state index contributed by atoms with van der Waals surface area (Å²) in [5.74, 6) is -2.64. The number of ketones is 2. The SMILES string of the molecule is CCc1cc(CC)c(CC)c(CNC(=O)c2c(OC)cc(O)c3c2OC2=CC(O)=C(C(C)=O)C(=O)[C@]23C)c1CC. The predicted molar refractivity (Wildman–Crippen MR) is 151 cm³/mol. The van der Waals surface area contributed by atoms with Crippen LogP contribution >= 0.6 is 0 Å². The number of methoxy groups -OCH3 is 1. The fraction of sp³-hybridized carbons (Fsp3) is 0.406. The number of hydrogen-bond acceptors (Lipinski definition) is 7. The molecule has 40 heavy (non-hydrogen) atoms. The van der Waals surface area contributed by atoms with Crippen LogP contribution in [0.4, 0.5) is 0 Å². The average Bonchev–Trinajstić information content (AvgIpc) is 3.23. The number of phenols is 1. The van der Waals surface area contributed by atoms with Crippen molar-refractivity contribution in [1.82, 2.24) is 5.32 Å². The standard InChI is InChI=1S/C32H37NO7/c1-8-17-12-18(9-2)20(11-4)21(19(17)10-3)15-33-31(38)27-24(39-7)13-23(36)28-29(27)40-25-14-22(35)26(16(5)34)30(37)32(25,28)6/h12-14,35-36H,8-11,15H2,1-7H3,(H,33,38)/t32-/m1/s1. The van der Waals surface area contributed by atoms with Crippen molar-refractivity contribution in [3.63, 3.8) is 0 Å². The van der Waals surface area contributed by atoms with Gasteiger partial charge in [-0.25, -0.2) is 0 Å². The minimum absolute atomic E-state index is 0.0115. The summed E-state index contributed by atoms with van der Waals surface area (Å²) in [5.41, 5.74) is 4.16.